The normalized spacial score (nSPS) is 10.2. The molecule has 2 aromatic carbocycles. The second-order valence-corrected chi connectivity index (χ2v) is 6.23. The van der Waals surface area contributed by atoms with E-state index in [9.17, 15) is 9.59 Å². The van der Waals surface area contributed by atoms with Crippen molar-refractivity contribution < 1.29 is 23.8 Å². The van der Waals surface area contributed by atoms with Gasteiger partial charge in [-0.05, 0) is 29.8 Å². The minimum atomic E-state index is -0.652. The lowest BCUT2D eigenvalue weighted by molar-refractivity contribution is -0.120. The van der Waals surface area contributed by atoms with Gasteiger partial charge in [0.15, 0.2) is 18.1 Å². The van der Waals surface area contributed by atoms with Crippen LogP contribution in [0.3, 0.4) is 0 Å². The Labute approximate surface area is 166 Å². The predicted octanol–water partition coefficient (Wildman–Crippen LogP) is 2.80. The molecule has 2 aromatic rings. The van der Waals surface area contributed by atoms with Gasteiger partial charge < -0.3 is 25.3 Å². The number of benzene rings is 2. The molecular formula is C18H18Cl2N2O5. The van der Waals surface area contributed by atoms with Crippen molar-refractivity contribution in [2.75, 3.05) is 20.8 Å². The van der Waals surface area contributed by atoms with E-state index in [4.69, 9.17) is 43.1 Å². The molecule has 0 saturated carbocycles. The number of primary amides is 1. The molecule has 0 atom stereocenters. The van der Waals surface area contributed by atoms with Gasteiger partial charge in [-0.1, -0.05) is 29.3 Å². The van der Waals surface area contributed by atoms with E-state index in [0.29, 0.717) is 10.0 Å². The molecule has 0 aliphatic carbocycles. The summed E-state index contributed by atoms with van der Waals surface area (Å²) in [5, 5.41) is 3.72. The molecule has 0 unspecified atom stereocenters. The van der Waals surface area contributed by atoms with Crippen LogP contribution in [0.4, 0.5) is 0 Å². The quantitative estimate of drug-likeness (QED) is 0.694. The third kappa shape index (κ3) is 5.42. The average molecular weight is 413 g/mol. The molecule has 9 heteroatoms. The summed E-state index contributed by atoms with van der Waals surface area (Å²) in [6.07, 6.45) is 0. The zero-order valence-corrected chi connectivity index (χ0v) is 16.2. The highest BCUT2D eigenvalue weighted by Gasteiger charge is 2.18. The third-order valence-corrected chi connectivity index (χ3v) is 4.12. The molecule has 0 radical (unpaired) electrons. The highest BCUT2D eigenvalue weighted by Crippen LogP contribution is 2.38. The molecule has 2 amide bonds. The van der Waals surface area contributed by atoms with Crippen molar-refractivity contribution in [1.82, 2.24) is 5.32 Å². The molecule has 7 nitrogen and oxygen atoms in total. The predicted molar refractivity (Wildman–Crippen MR) is 102 cm³/mol. The maximum Gasteiger partial charge on any atom is 0.255 e. The number of hydrogen-bond acceptors (Lipinski definition) is 5. The highest BCUT2D eigenvalue weighted by atomic mass is 35.5. The lowest BCUT2D eigenvalue weighted by Gasteiger charge is -2.15. The first-order chi connectivity index (χ1) is 12.8. The number of carbonyl (C=O) groups is 2. The van der Waals surface area contributed by atoms with Crippen LogP contribution in [0, 0.1) is 0 Å². The maximum atomic E-state index is 12.5. The van der Waals surface area contributed by atoms with E-state index < -0.39 is 5.91 Å². The van der Waals surface area contributed by atoms with Gasteiger partial charge in [-0.25, -0.2) is 0 Å². The second-order valence-electron chi connectivity index (χ2n) is 5.38. The molecule has 0 fully saturated rings. The van der Waals surface area contributed by atoms with E-state index in [1.54, 1.807) is 18.2 Å². The van der Waals surface area contributed by atoms with Crippen molar-refractivity contribution in [1.29, 1.82) is 0 Å². The summed E-state index contributed by atoms with van der Waals surface area (Å²) >= 11 is 12.0. The smallest absolute Gasteiger partial charge is 0.255 e. The van der Waals surface area contributed by atoms with E-state index in [1.807, 2.05) is 0 Å². The van der Waals surface area contributed by atoms with E-state index in [0.717, 1.165) is 5.56 Å². The van der Waals surface area contributed by atoms with Gasteiger partial charge in [0, 0.05) is 22.2 Å². The summed E-state index contributed by atoms with van der Waals surface area (Å²) < 4.78 is 15.8. The summed E-state index contributed by atoms with van der Waals surface area (Å²) in [7, 11) is 2.81. The largest absolute Gasteiger partial charge is 0.493 e. The van der Waals surface area contributed by atoms with Crippen LogP contribution < -0.4 is 25.3 Å². The molecular weight excluding hydrogens is 395 g/mol. The lowest BCUT2D eigenvalue weighted by atomic mass is 10.1. The van der Waals surface area contributed by atoms with Gasteiger partial charge in [0.2, 0.25) is 5.75 Å². The molecule has 0 bridgehead atoms. The fourth-order valence-corrected chi connectivity index (χ4v) is 2.71. The van der Waals surface area contributed by atoms with Crippen LogP contribution in [0.1, 0.15) is 15.9 Å². The molecule has 0 heterocycles. The van der Waals surface area contributed by atoms with Gasteiger partial charge in [0.1, 0.15) is 0 Å². The summed E-state index contributed by atoms with van der Waals surface area (Å²) in [6.45, 7) is -0.146. The molecule has 27 heavy (non-hydrogen) atoms. The van der Waals surface area contributed by atoms with Crippen LogP contribution >= 0.6 is 23.2 Å². The average Bonchev–Trinajstić information content (AvgIpc) is 2.64. The number of nitrogens with two attached hydrogens (primary N) is 1. The number of carbonyl (C=O) groups excluding carboxylic acids is 2. The standard InChI is InChI=1S/C18H18Cl2N2O5/c1-25-14-5-11(6-15(26-2)17(14)27-9-16(21)23)18(24)22-8-10-3-4-12(19)7-13(10)20/h3-7H,8-9H2,1-2H3,(H2,21,23)(H,22,24). The van der Waals surface area contributed by atoms with Crippen LogP contribution in [0.15, 0.2) is 30.3 Å². The summed E-state index contributed by atoms with van der Waals surface area (Å²) in [4.78, 5) is 23.5. The van der Waals surface area contributed by atoms with Crippen LogP contribution in [-0.2, 0) is 11.3 Å². The molecule has 2 rings (SSSR count). The lowest BCUT2D eigenvalue weighted by Crippen LogP contribution is -2.23. The maximum absolute atomic E-state index is 12.5. The van der Waals surface area contributed by atoms with E-state index in [-0.39, 0.29) is 41.9 Å². The van der Waals surface area contributed by atoms with Gasteiger partial charge >= 0.3 is 0 Å². The Hall–Kier alpha value is -2.64. The Balaban J connectivity index is 2.21. The van der Waals surface area contributed by atoms with Gasteiger partial charge in [-0.2, -0.15) is 0 Å². The number of halogens is 2. The fourth-order valence-electron chi connectivity index (χ4n) is 2.24. The Bertz CT molecular complexity index is 833. The van der Waals surface area contributed by atoms with Crippen LogP contribution in [0.5, 0.6) is 17.2 Å². The third-order valence-electron chi connectivity index (χ3n) is 3.54. The minimum absolute atomic E-state index is 0.177. The minimum Gasteiger partial charge on any atom is -0.493 e. The van der Waals surface area contributed by atoms with Crippen molar-refractivity contribution in [3.8, 4) is 17.2 Å². The summed E-state index contributed by atoms with van der Waals surface area (Å²) in [5.74, 6) is -0.397. The van der Waals surface area contributed by atoms with Crippen molar-refractivity contribution in [2.45, 2.75) is 6.54 Å². The fraction of sp³-hybridized carbons (Fsp3) is 0.222. The van der Waals surface area contributed by atoms with Crippen molar-refractivity contribution in [3.63, 3.8) is 0 Å². The topological polar surface area (TPSA) is 99.9 Å². The number of methoxy groups -OCH3 is 2. The van der Waals surface area contributed by atoms with Crippen molar-refractivity contribution in [2.24, 2.45) is 5.73 Å². The summed E-state index contributed by atoms with van der Waals surface area (Å²) in [6, 6.07) is 7.95. The zero-order chi connectivity index (χ0) is 20.0. The van der Waals surface area contributed by atoms with Gasteiger partial charge in [-0.15, -0.1) is 0 Å². The number of ether oxygens (including phenoxy) is 3. The molecule has 144 valence electrons. The SMILES string of the molecule is COc1cc(C(=O)NCc2ccc(Cl)cc2Cl)cc(OC)c1OCC(N)=O. The van der Waals surface area contributed by atoms with Crippen LogP contribution in [0.2, 0.25) is 10.0 Å². The number of nitrogens with one attached hydrogen (secondary N) is 1. The van der Waals surface area contributed by atoms with E-state index in [2.05, 4.69) is 5.32 Å². The Morgan fingerprint density at radius 1 is 1.07 bits per heavy atom. The Morgan fingerprint density at radius 3 is 2.22 bits per heavy atom. The first-order valence-corrected chi connectivity index (χ1v) is 8.50. The highest BCUT2D eigenvalue weighted by molar-refractivity contribution is 6.35. The van der Waals surface area contributed by atoms with Gasteiger partial charge in [0.25, 0.3) is 11.8 Å². The number of hydrogen-bond donors (Lipinski definition) is 2. The number of rotatable bonds is 8. The Kier molecular flexibility index (Phi) is 7.15. The number of amides is 2. The van der Waals surface area contributed by atoms with E-state index in [1.165, 1.54) is 26.4 Å². The Morgan fingerprint density at radius 2 is 1.70 bits per heavy atom. The zero-order valence-electron chi connectivity index (χ0n) is 14.7. The molecule has 3 N–H and O–H groups in total. The molecule has 0 aliphatic rings. The monoisotopic (exact) mass is 412 g/mol. The van der Waals surface area contributed by atoms with Gasteiger partial charge in [-0.3, -0.25) is 9.59 Å². The van der Waals surface area contributed by atoms with Crippen molar-refractivity contribution in [3.05, 3.63) is 51.5 Å². The second kappa shape index (κ2) is 9.34. The summed E-state index contributed by atoms with van der Waals surface area (Å²) in [5.41, 5.74) is 6.08. The van der Waals surface area contributed by atoms with Crippen LogP contribution in [0.25, 0.3) is 0 Å². The first kappa shape index (κ1) is 20.7. The van der Waals surface area contributed by atoms with Gasteiger partial charge in [0.05, 0.1) is 14.2 Å². The first-order valence-electron chi connectivity index (χ1n) is 7.75. The molecule has 0 aliphatic heterocycles. The molecule has 0 aromatic heterocycles. The van der Waals surface area contributed by atoms with Crippen molar-refractivity contribution >= 4 is 35.0 Å². The molecule has 0 spiro atoms. The van der Waals surface area contributed by atoms with Crippen LogP contribution in [-0.4, -0.2) is 32.6 Å². The van der Waals surface area contributed by atoms with E-state index >= 15 is 0 Å². The molecule has 0 saturated heterocycles.